The average molecular weight is 367 g/mol. The van der Waals surface area contributed by atoms with Gasteiger partial charge in [0.15, 0.2) is 0 Å². The standard InChI is InChI=1S/C20H19ClN4O/c1-13-4-3-5-15(8-13)10-22-19(26)16-11-23-20(24-12-16)25-18-9-17(21)7-6-14(18)2/h3-9,11-12H,10H2,1-2H3,(H,22,26)(H,23,24,25). The van der Waals surface area contributed by atoms with Crippen LogP contribution in [0.4, 0.5) is 11.6 Å². The second-order valence-electron chi connectivity index (χ2n) is 6.05. The second-order valence-corrected chi connectivity index (χ2v) is 6.49. The summed E-state index contributed by atoms with van der Waals surface area (Å²) in [5, 5.41) is 6.61. The first-order valence-electron chi connectivity index (χ1n) is 8.20. The van der Waals surface area contributed by atoms with E-state index in [2.05, 4.69) is 20.6 Å². The number of hydrogen-bond donors (Lipinski definition) is 2. The molecule has 0 aliphatic carbocycles. The summed E-state index contributed by atoms with van der Waals surface area (Å²) in [7, 11) is 0. The number of nitrogens with zero attached hydrogens (tertiary/aromatic N) is 2. The van der Waals surface area contributed by atoms with Crippen LogP contribution in [0.5, 0.6) is 0 Å². The number of benzene rings is 2. The molecule has 26 heavy (non-hydrogen) atoms. The second kappa shape index (κ2) is 7.97. The maximum atomic E-state index is 12.2. The Balaban J connectivity index is 1.63. The molecule has 0 unspecified atom stereocenters. The highest BCUT2D eigenvalue weighted by Gasteiger charge is 2.08. The molecule has 5 nitrogen and oxygen atoms in total. The highest BCUT2D eigenvalue weighted by atomic mass is 35.5. The van der Waals surface area contributed by atoms with Gasteiger partial charge in [-0.25, -0.2) is 9.97 Å². The molecule has 0 fully saturated rings. The van der Waals surface area contributed by atoms with Gasteiger partial charge in [-0.1, -0.05) is 47.5 Å². The maximum Gasteiger partial charge on any atom is 0.254 e. The number of anilines is 2. The Morgan fingerprint density at radius 1 is 1.08 bits per heavy atom. The summed E-state index contributed by atoms with van der Waals surface area (Å²) in [5.74, 6) is 0.197. The minimum Gasteiger partial charge on any atom is -0.348 e. The number of amides is 1. The van der Waals surface area contributed by atoms with Gasteiger partial charge < -0.3 is 10.6 Å². The minimum absolute atomic E-state index is 0.211. The lowest BCUT2D eigenvalue weighted by molar-refractivity contribution is 0.0950. The van der Waals surface area contributed by atoms with Gasteiger partial charge in [0.1, 0.15) is 0 Å². The summed E-state index contributed by atoms with van der Waals surface area (Å²) in [4.78, 5) is 20.7. The van der Waals surface area contributed by atoms with Crippen molar-refractivity contribution in [2.24, 2.45) is 0 Å². The van der Waals surface area contributed by atoms with Crippen LogP contribution in [0.25, 0.3) is 0 Å². The number of nitrogens with one attached hydrogen (secondary N) is 2. The lowest BCUT2D eigenvalue weighted by Crippen LogP contribution is -2.23. The molecule has 0 atom stereocenters. The number of carbonyl (C=O) groups excluding carboxylic acids is 1. The van der Waals surface area contributed by atoms with Crippen molar-refractivity contribution in [3.05, 3.63) is 82.1 Å². The van der Waals surface area contributed by atoms with Crippen molar-refractivity contribution in [1.82, 2.24) is 15.3 Å². The van der Waals surface area contributed by atoms with Crippen molar-refractivity contribution in [3.63, 3.8) is 0 Å². The van der Waals surface area contributed by atoms with Gasteiger partial charge in [-0.2, -0.15) is 0 Å². The van der Waals surface area contributed by atoms with Crippen molar-refractivity contribution in [2.75, 3.05) is 5.32 Å². The molecule has 2 aromatic carbocycles. The Labute approximate surface area is 157 Å². The van der Waals surface area contributed by atoms with Crippen LogP contribution in [0.15, 0.2) is 54.9 Å². The smallest absolute Gasteiger partial charge is 0.254 e. The molecule has 2 N–H and O–H groups in total. The molecule has 0 aliphatic heterocycles. The average Bonchev–Trinajstić information content (AvgIpc) is 2.63. The van der Waals surface area contributed by atoms with Gasteiger partial charge in [0, 0.05) is 29.6 Å². The van der Waals surface area contributed by atoms with E-state index in [1.807, 2.05) is 56.3 Å². The molecule has 0 saturated carbocycles. The minimum atomic E-state index is -0.211. The van der Waals surface area contributed by atoms with Crippen LogP contribution in [0.1, 0.15) is 27.0 Å². The van der Waals surface area contributed by atoms with Crippen molar-refractivity contribution >= 4 is 29.1 Å². The van der Waals surface area contributed by atoms with Crippen LogP contribution < -0.4 is 10.6 Å². The van der Waals surface area contributed by atoms with Gasteiger partial charge in [0.25, 0.3) is 5.91 Å². The topological polar surface area (TPSA) is 66.9 Å². The molecule has 0 saturated heterocycles. The summed E-state index contributed by atoms with van der Waals surface area (Å²) in [6.07, 6.45) is 3.00. The molecule has 0 spiro atoms. The van der Waals surface area contributed by atoms with E-state index in [-0.39, 0.29) is 5.91 Å². The third kappa shape index (κ3) is 4.58. The lowest BCUT2D eigenvalue weighted by Gasteiger charge is -2.09. The van der Waals surface area contributed by atoms with Crippen LogP contribution in [0, 0.1) is 13.8 Å². The van der Waals surface area contributed by atoms with Crippen LogP contribution in [-0.4, -0.2) is 15.9 Å². The molecule has 0 aliphatic rings. The van der Waals surface area contributed by atoms with E-state index in [9.17, 15) is 4.79 Å². The molecule has 0 bridgehead atoms. The summed E-state index contributed by atoms with van der Waals surface area (Å²) < 4.78 is 0. The summed E-state index contributed by atoms with van der Waals surface area (Å²) >= 11 is 6.01. The highest BCUT2D eigenvalue weighted by molar-refractivity contribution is 6.30. The normalized spacial score (nSPS) is 10.4. The molecule has 3 aromatic rings. The molecule has 132 valence electrons. The van der Waals surface area contributed by atoms with Crippen LogP contribution in [0.2, 0.25) is 5.02 Å². The lowest BCUT2D eigenvalue weighted by atomic mass is 10.1. The molecule has 1 amide bonds. The predicted octanol–water partition coefficient (Wildman–Crippen LogP) is 4.42. The number of aromatic nitrogens is 2. The fourth-order valence-corrected chi connectivity index (χ4v) is 2.64. The van der Waals surface area contributed by atoms with Gasteiger partial charge in [-0.3, -0.25) is 4.79 Å². The molecule has 6 heteroatoms. The molecular formula is C20H19ClN4O. The maximum absolute atomic E-state index is 12.2. The summed E-state index contributed by atoms with van der Waals surface area (Å²) in [6, 6.07) is 13.6. The van der Waals surface area contributed by atoms with Crippen LogP contribution >= 0.6 is 11.6 Å². The van der Waals surface area contributed by atoms with Crippen molar-refractivity contribution in [3.8, 4) is 0 Å². The monoisotopic (exact) mass is 366 g/mol. The predicted molar refractivity (Wildman–Crippen MR) is 104 cm³/mol. The van der Waals surface area contributed by atoms with E-state index in [0.29, 0.717) is 23.1 Å². The van der Waals surface area contributed by atoms with Crippen molar-refractivity contribution < 1.29 is 4.79 Å². The fourth-order valence-electron chi connectivity index (χ4n) is 2.47. The first-order valence-corrected chi connectivity index (χ1v) is 8.58. The molecule has 0 radical (unpaired) electrons. The van der Waals surface area contributed by atoms with Crippen molar-refractivity contribution in [1.29, 1.82) is 0 Å². The number of rotatable bonds is 5. The van der Waals surface area contributed by atoms with Gasteiger partial charge >= 0.3 is 0 Å². The van der Waals surface area contributed by atoms with E-state index in [0.717, 1.165) is 22.4 Å². The first kappa shape index (κ1) is 17.9. The Bertz CT molecular complexity index is 925. The highest BCUT2D eigenvalue weighted by Crippen LogP contribution is 2.22. The van der Waals surface area contributed by atoms with E-state index in [1.54, 1.807) is 0 Å². The summed E-state index contributed by atoms with van der Waals surface area (Å²) in [6.45, 7) is 4.44. The number of carbonyl (C=O) groups is 1. The zero-order chi connectivity index (χ0) is 18.5. The van der Waals surface area contributed by atoms with E-state index in [1.165, 1.54) is 12.4 Å². The quantitative estimate of drug-likeness (QED) is 0.701. The van der Waals surface area contributed by atoms with Gasteiger partial charge in [0.2, 0.25) is 5.95 Å². The molecule has 1 heterocycles. The van der Waals surface area contributed by atoms with Gasteiger partial charge in [-0.05, 0) is 37.1 Å². The SMILES string of the molecule is Cc1cccc(CNC(=O)c2cnc(Nc3cc(Cl)ccc3C)nc2)c1. The number of aryl methyl sites for hydroxylation is 2. The third-order valence-corrected chi connectivity index (χ3v) is 4.13. The largest absolute Gasteiger partial charge is 0.348 e. The molecule has 1 aromatic heterocycles. The Morgan fingerprint density at radius 3 is 2.58 bits per heavy atom. The van der Waals surface area contributed by atoms with Crippen molar-refractivity contribution in [2.45, 2.75) is 20.4 Å². The third-order valence-electron chi connectivity index (χ3n) is 3.90. The van der Waals surface area contributed by atoms with E-state index >= 15 is 0 Å². The van der Waals surface area contributed by atoms with Gasteiger partial charge in [-0.15, -0.1) is 0 Å². The number of halogens is 1. The molecular weight excluding hydrogens is 348 g/mol. The first-order chi connectivity index (χ1) is 12.5. The van der Waals surface area contributed by atoms with Crippen LogP contribution in [0.3, 0.4) is 0 Å². The fraction of sp³-hybridized carbons (Fsp3) is 0.150. The zero-order valence-electron chi connectivity index (χ0n) is 14.6. The van der Waals surface area contributed by atoms with Gasteiger partial charge in [0.05, 0.1) is 5.56 Å². The number of hydrogen-bond acceptors (Lipinski definition) is 4. The zero-order valence-corrected chi connectivity index (χ0v) is 15.3. The Morgan fingerprint density at radius 2 is 1.85 bits per heavy atom. The van der Waals surface area contributed by atoms with E-state index in [4.69, 9.17) is 11.6 Å². The molecule has 3 rings (SSSR count). The van der Waals surface area contributed by atoms with Crippen LogP contribution in [-0.2, 0) is 6.54 Å². The van der Waals surface area contributed by atoms with E-state index < -0.39 is 0 Å². The Hall–Kier alpha value is -2.92. The Kier molecular flexibility index (Phi) is 5.49. The summed E-state index contributed by atoms with van der Waals surface area (Å²) in [5.41, 5.74) is 4.47.